The highest BCUT2D eigenvalue weighted by atomic mass is 32.1. The number of benzene rings is 1. The van der Waals surface area contributed by atoms with Gasteiger partial charge in [-0.2, -0.15) is 4.98 Å². The molecule has 1 aromatic carbocycles. The van der Waals surface area contributed by atoms with Crippen LogP contribution in [0.1, 0.15) is 0 Å². The third kappa shape index (κ3) is 1.85. The van der Waals surface area contributed by atoms with Crippen LogP contribution < -0.4 is 5.32 Å². The maximum Gasteiger partial charge on any atom is 0.222 e. The lowest BCUT2D eigenvalue weighted by molar-refractivity contribution is 0.458. The summed E-state index contributed by atoms with van der Waals surface area (Å²) in [4.78, 5) is 8.52. The molecule has 0 atom stereocenters. The lowest BCUT2D eigenvalue weighted by Gasteiger charge is -1.96. The molecule has 0 unspecified atom stereocenters. The fourth-order valence-electron chi connectivity index (χ4n) is 1.54. The largest absolute Gasteiger partial charge is 0.493 e. The zero-order chi connectivity index (χ0) is 11.8. The molecule has 3 rings (SSSR count). The van der Waals surface area contributed by atoms with Crippen molar-refractivity contribution in [3.05, 3.63) is 23.6 Å². The first kappa shape index (κ1) is 10.5. The maximum absolute atomic E-state index is 9.24. The van der Waals surface area contributed by atoms with Crippen LogP contribution in [-0.2, 0) is 0 Å². The summed E-state index contributed by atoms with van der Waals surface area (Å²) in [7, 11) is 1.89. The number of anilines is 1. The van der Waals surface area contributed by atoms with Crippen molar-refractivity contribution >= 4 is 38.6 Å². The van der Waals surface area contributed by atoms with Crippen LogP contribution in [0.3, 0.4) is 0 Å². The van der Waals surface area contributed by atoms with Crippen LogP contribution in [0.2, 0.25) is 0 Å². The normalized spacial score (nSPS) is 10.9. The zero-order valence-corrected chi connectivity index (χ0v) is 10.6. The van der Waals surface area contributed by atoms with Gasteiger partial charge in [0, 0.05) is 12.7 Å². The van der Waals surface area contributed by atoms with Gasteiger partial charge in [-0.25, -0.2) is 4.98 Å². The predicted molar refractivity (Wildman–Crippen MR) is 71.9 cm³/mol. The molecule has 3 aromatic rings. The Balaban J connectivity index is 2.13. The number of hydrogen-bond acceptors (Lipinski definition) is 6. The molecule has 0 spiro atoms. The molecule has 0 saturated carbocycles. The Morgan fingerprint density at radius 2 is 2.12 bits per heavy atom. The Labute approximate surface area is 106 Å². The maximum atomic E-state index is 9.24. The van der Waals surface area contributed by atoms with Gasteiger partial charge in [0.05, 0.1) is 15.6 Å². The third-order valence-electron chi connectivity index (χ3n) is 2.35. The molecule has 4 nitrogen and oxygen atoms in total. The van der Waals surface area contributed by atoms with Crippen LogP contribution in [0.15, 0.2) is 23.6 Å². The lowest BCUT2D eigenvalue weighted by Crippen LogP contribution is -1.85. The highest BCUT2D eigenvalue weighted by Gasteiger charge is 2.10. The van der Waals surface area contributed by atoms with Crippen molar-refractivity contribution in [2.75, 3.05) is 12.4 Å². The summed E-state index contributed by atoms with van der Waals surface area (Å²) in [6.07, 6.45) is 0. The van der Waals surface area contributed by atoms with Crippen LogP contribution in [-0.4, -0.2) is 22.1 Å². The monoisotopic (exact) mass is 263 g/mol. The first-order valence-electron chi connectivity index (χ1n) is 4.99. The Morgan fingerprint density at radius 1 is 1.24 bits per heavy atom. The molecule has 2 N–H and O–H groups in total. The molecule has 0 saturated heterocycles. The highest BCUT2D eigenvalue weighted by Crippen LogP contribution is 2.34. The third-order valence-corrected chi connectivity index (χ3v) is 4.34. The van der Waals surface area contributed by atoms with E-state index in [2.05, 4.69) is 21.4 Å². The van der Waals surface area contributed by atoms with Gasteiger partial charge in [0.25, 0.3) is 0 Å². The number of fused-ring (bicyclic) bond motifs is 1. The SMILES string of the molecule is CNc1ccc2nc(-c3nc(O)cs3)sc2c1. The topological polar surface area (TPSA) is 58.0 Å². The van der Waals surface area contributed by atoms with Crippen LogP contribution in [0.5, 0.6) is 5.88 Å². The molecule has 2 heterocycles. The van der Waals surface area contributed by atoms with Crippen molar-refractivity contribution < 1.29 is 5.11 Å². The van der Waals surface area contributed by atoms with Crippen LogP contribution in [0, 0.1) is 0 Å². The Morgan fingerprint density at radius 3 is 2.82 bits per heavy atom. The predicted octanol–water partition coefficient (Wildman–Crippen LogP) is 3.17. The van der Waals surface area contributed by atoms with E-state index in [0.29, 0.717) is 0 Å². The number of thiazole rings is 2. The van der Waals surface area contributed by atoms with Gasteiger partial charge in [-0.05, 0) is 18.2 Å². The minimum atomic E-state index is 0.0557. The number of aromatic nitrogens is 2. The van der Waals surface area contributed by atoms with Gasteiger partial charge in [-0.1, -0.05) is 0 Å². The molecule has 17 heavy (non-hydrogen) atoms. The number of nitrogens with zero attached hydrogens (tertiary/aromatic N) is 2. The first-order valence-corrected chi connectivity index (χ1v) is 6.69. The van der Waals surface area contributed by atoms with E-state index in [1.807, 2.05) is 19.2 Å². The zero-order valence-electron chi connectivity index (χ0n) is 8.97. The fourth-order valence-corrected chi connectivity index (χ4v) is 3.26. The van der Waals surface area contributed by atoms with E-state index in [4.69, 9.17) is 0 Å². The van der Waals surface area contributed by atoms with Crippen molar-refractivity contribution in [1.29, 1.82) is 0 Å². The molecular weight excluding hydrogens is 254 g/mol. The van der Waals surface area contributed by atoms with E-state index in [9.17, 15) is 5.11 Å². The van der Waals surface area contributed by atoms with Crippen LogP contribution >= 0.6 is 22.7 Å². The summed E-state index contributed by atoms with van der Waals surface area (Å²) in [5, 5.41) is 15.6. The van der Waals surface area contributed by atoms with E-state index in [0.717, 1.165) is 25.9 Å². The van der Waals surface area contributed by atoms with Gasteiger partial charge in [0.15, 0.2) is 10.0 Å². The Bertz CT molecular complexity index is 674. The van der Waals surface area contributed by atoms with Gasteiger partial charge in [-0.15, -0.1) is 22.7 Å². The average molecular weight is 263 g/mol. The van der Waals surface area contributed by atoms with Gasteiger partial charge in [0.1, 0.15) is 0 Å². The standard InChI is InChI=1S/C11H9N3OS2/c1-12-6-2-3-7-8(4-6)17-11(13-7)10-14-9(15)5-16-10/h2-5,12,15H,1H3. The Hall–Kier alpha value is -1.66. The summed E-state index contributed by atoms with van der Waals surface area (Å²) in [5.74, 6) is 0.0557. The van der Waals surface area contributed by atoms with Crippen LogP contribution in [0.25, 0.3) is 20.2 Å². The second-order valence-electron chi connectivity index (χ2n) is 3.46. The summed E-state index contributed by atoms with van der Waals surface area (Å²) in [6.45, 7) is 0. The summed E-state index contributed by atoms with van der Waals surface area (Å²) in [5.41, 5.74) is 2.02. The Kier molecular flexibility index (Phi) is 2.45. The second-order valence-corrected chi connectivity index (χ2v) is 5.35. The summed E-state index contributed by atoms with van der Waals surface area (Å²) < 4.78 is 1.11. The minimum absolute atomic E-state index is 0.0557. The number of aromatic hydroxyl groups is 1. The molecule has 2 aromatic heterocycles. The smallest absolute Gasteiger partial charge is 0.222 e. The molecule has 0 amide bonds. The van der Waals surface area contributed by atoms with E-state index in [1.165, 1.54) is 11.3 Å². The number of nitrogens with one attached hydrogen (secondary N) is 1. The van der Waals surface area contributed by atoms with Crippen molar-refractivity contribution in [2.45, 2.75) is 0 Å². The second kappa shape index (κ2) is 3.97. The van der Waals surface area contributed by atoms with Crippen molar-refractivity contribution in [3.63, 3.8) is 0 Å². The summed E-state index contributed by atoms with van der Waals surface area (Å²) in [6, 6.07) is 6.03. The number of hydrogen-bond donors (Lipinski definition) is 2. The number of rotatable bonds is 2. The van der Waals surface area contributed by atoms with Crippen molar-refractivity contribution in [2.24, 2.45) is 0 Å². The van der Waals surface area contributed by atoms with Crippen LogP contribution in [0.4, 0.5) is 5.69 Å². The molecular formula is C11H9N3OS2. The quantitative estimate of drug-likeness (QED) is 0.745. The van der Waals surface area contributed by atoms with E-state index >= 15 is 0 Å². The van der Waals surface area contributed by atoms with Gasteiger partial charge in [-0.3, -0.25) is 0 Å². The lowest BCUT2D eigenvalue weighted by atomic mass is 10.3. The molecule has 0 bridgehead atoms. The average Bonchev–Trinajstić information content (AvgIpc) is 2.93. The molecule has 0 aliphatic rings. The minimum Gasteiger partial charge on any atom is -0.493 e. The van der Waals surface area contributed by atoms with Gasteiger partial charge < -0.3 is 10.4 Å². The summed E-state index contributed by atoms with van der Waals surface area (Å²) >= 11 is 2.98. The van der Waals surface area contributed by atoms with E-state index in [-0.39, 0.29) is 5.88 Å². The van der Waals surface area contributed by atoms with Crippen molar-refractivity contribution in [1.82, 2.24) is 9.97 Å². The molecule has 0 aliphatic carbocycles. The fraction of sp³-hybridized carbons (Fsp3) is 0.0909. The molecule has 6 heteroatoms. The molecule has 0 radical (unpaired) electrons. The van der Waals surface area contributed by atoms with Crippen molar-refractivity contribution in [3.8, 4) is 15.9 Å². The van der Waals surface area contributed by atoms with Gasteiger partial charge in [0.2, 0.25) is 5.88 Å². The molecule has 0 aliphatic heterocycles. The first-order chi connectivity index (χ1) is 8.26. The molecule has 86 valence electrons. The van der Waals surface area contributed by atoms with Gasteiger partial charge >= 0.3 is 0 Å². The van der Waals surface area contributed by atoms with E-state index in [1.54, 1.807) is 16.7 Å². The molecule has 0 fully saturated rings. The van der Waals surface area contributed by atoms with E-state index < -0.39 is 0 Å². The highest BCUT2D eigenvalue weighted by molar-refractivity contribution is 7.25.